The summed E-state index contributed by atoms with van der Waals surface area (Å²) in [5.74, 6) is 9.39. The Kier molecular flexibility index (Phi) is 13.3. The SMILES string of the molecule is CCCCCCCCCCC[C](C1CC(C)CCC1C(C)C)C1CC(C)CCC1C(C)C. The molecule has 0 aromatic heterocycles. The molecule has 0 bridgehead atoms. The van der Waals surface area contributed by atoms with Crippen LogP contribution in [-0.2, 0) is 0 Å². The Hall–Kier alpha value is 0. The summed E-state index contributed by atoms with van der Waals surface area (Å²) < 4.78 is 0. The summed E-state index contributed by atoms with van der Waals surface area (Å²) in [6.07, 6.45) is 23.5. The zero-order chi connectivity index (χ0) is 23.5. The van der Waals surface area contributed by atoms with E-state index in [9.17, 15) is 0 Å². The van der Waals surface area contributed by atoms with Gasteiger partial charge in [0, 0.05) is 0 Å². The molecule has 2 aliphatic carbocycles. The van der Waals surface area contributed by atoms with Gasteiger partial charge < -0.3 is 0 Å². The minimum atomic E-state index is 0.851. The van der Waals surface area contributed by atoms with Gasteiger partial charge in [-0.05, 0) is 85.4 Å². The molecule has 0 nitrogen and oxygen atoms in total. The molecule has 189 valence electrons. The highest BCUT2D eigenvalue weighted by atomic mass is 14.5. The predicted molar refractivity (Wildman–Crippen MR) is 145 cm³/mol. The number of unbranched alkanes of at least 4 members (excludes halogenated alkanes) is 8. The van der Waals surface area contributed by atoms with E-state index in [1.54, 1.807) is 0 Å². The molecule has 6 atom stereocenters. The van der Waals surface area contributed by atoms with E-state index in [0.717, 1.165) is 47.3 Å². The fourth-order valence-electron chi connectivity index (χ4n) is 7.54. The monoisotopic (exact) mass is 445 g/mol. The van der Waals surface area contributed by atoms with Crippen LogP contribution >= 0.6 is 0 Å². The molecule has 0 heteroatoms. The molecule has 2 fully saturated rings. The standard InChI is InChI=1S/C32H61/c1-8-9-10-11-12-13-14-15-16-17-30(31-22-26(6)18-20-28(31)24(2)3)32-23-27(7)19-21-29(32)25(4)5/h24-29,31-32H,8-23H2,1-7H3. The van der Waals surface area contributed by atoms with Crippen LogP contribution in [-0.4, -0.2) is 0 Å². The average Bonchev–Trinajstić information content (AvgIpc) is 2.74. The van der Waals surface area contributed by atoms with Crippen LogP contribution in [0.3, 0.4) is 0 Å². The molecule has 6 unspecified atom stereocenters. The first-order chi connectivity index (χ1) is 15.3. The van der Waals surface area contributed by atoms with Gasteiger partial charge in [-0.2, -0.15) is 0 Å². The van der Waals surface area contributed by atoms with Crippen molar-refractivity contribution in [2.45, 2.75) is 151 Å². The van der Waals surface area contributed by atoms with Crippen LogP contribution in [0.4, 0.5) is 0 Å². The van der Waals surface area contributed by atoms with Gasteiger partial charge in [-0.3, -0.25) is 0 Å². The van der Waals surface area contributed by atoms with Gasteiger partial charge in [0.1, 0.15) is 0 Å². The molecule has 32 heavy (non-hydrogen) atoms. The van der Waals surface area contributed by atoms with Crippen LogP contribution in [0, 0.1) is 53.3 Å². The molecular weight excluding hydrogens is 384 g/mol. The van der Waals surface area contributed by atoms with Crippen molar-refractivity contribution in [1.29, 1.82) is 0 Å². The lowest BCUT2D eigenvalue weighted by atomic mass is 9.56. The van der Waals surface area contributed by atoms with E-state index in [0.29, 0.717) is 0 Å². The van der Waals surface area contributed by atoms with Crippen molar-refractivity contribution in [3.05, 3.63) is 5.92 Å². The molecule has 0 amide bonds. The molecule has 0 aliphatic heterocycles. The highest BCUT2D eigenvalue weighted by Gasteiger charge is 2.43. The molecule has 2 aliphatic rings. The van der Waals surface area contributed by atoms with E-state index in [2.05, 4.69) is 54.4 Å². The summed E-state index contributed by atoms with van der Waals surface area (Å²) in [5.41, 5.74) is 0. The lowest BCUT2D eigenvalue weighted by Crippen LogP contribution is -2.40. The van der Waals surface area contributed by atoms with Gasteiger partial charge in [-0.15, -0.1) is 0 Å². The van der Waals surface area contributed by atoms with Crippen molar-refractivity contribution in [2.75, 3.05) is 0 Å². The molecule has 2 saturated carbocycles. The van der Waals surface area contributed by atoms with E-state index in [1.807, 2.05) is 0 Å². The van der Waals surface area contributed by atoms with Gasteiger partial charge in [-0.25, -0.2) is 0 Å². The summed E-state index contributed by atoms with van der Waals surface area (Å²) in [5, 5.41) is 0. The second kappa shape index (κ2) is 15.1. The first-order valence-electron chi connectivity index (χ1n) is 15.2. The molecule has 0 spiro atoms. The smallest absolute Gasteiger partial charge is 0.0173 e. The van der Waals surface area contributed by atoms with Crippen molar-refractivity contribution < 1.29 is 0 Å². The average molecular weight is 446 g/mol. The molecular formula is C32H61. The summed E-state index contributed by atoms with van der Waals surface area (Å²) in [4.78, 5) is 0. The summed E-state index contributed by atoms with van der Waals surface area (Å²) in [7, 11) is 0. The van der Waals surface area contributed by atoms with Crippen LogP contribution in [0.1, 0.15) is 151 Å². The van der Waals surface area contributed by atoms with E-state index < -0.39 is 0 Å². The lowest BCUT2D eigenvalue weighted by Gasteiger charge is -2.49. The van der Waals surface area contributed by atoms with Crippen LogP contribution in [0.15, 0.2) is 0 Å². The fraction of sp³-hybridized carbons (Fsp3) is 0.969. The Balaban J connectivity index is 2.02. The van der Waals surface area contributed by atoms with E-state index in [1.165, 1.54) is 103 Å². The largest absolute Gasteiger partial charge is 0.0654 e. The van der Waals surface area contributed by atoms with Gasteiger partial charge in [0.25, 0.3) is 0 Å². The third-order valence-corrected chi connectivity index (χ3v) is 9.57. The first-order valence-corrected chi connectivity index (χ1v) is 15.2. The Morgan fingerprint density at radius 2 is 1.00 bits per heavy atom. The van der Waals surface area contributed by atoms with E-state index >= 15 is 0 Å². The molecule has 0 aromatic carbocycles. The second-order valence-electron chi connectivity index (χ2n) is 13.0. The number of hydrogen-bond acceptors (Lipinski definition) is 0. The first kappa shape index (κ1) is 28.2. The predicted octanol–water partition coefficient (Wildman–Crippen LogP) is 10.9. The zero-order valence-electron chi connectivity index (χ0n) is 23.4. The molecule has 0 heterocycles. The minimum absolute atomic E-state index is 0.851. The molecule has 0 aromatic rings. The second-order valence-corrected chi connectivity index (χ2v) is 13.0. The van der Waals surface area contributed by atoms with Gasteiger partial charge in [0.2, 0.25) is 0 Å². The maximum atomic E-state index is 2.54. The van der Waals surface area contributed by atoms with E-state index in [4.69, 9.17) is 0 Å². The molecule has 0 N–H and O–H groups in total. The Bertz CT molecular complexity index is 431. The van der Waals surface area contributed by atoms with Crippen molar-refractivity contribution in [3.63, 3.8) is 0 Å². The van der Waals surface area contributed by atoms with Gasteiger partial charge >= 0.3 is 0 Å². The van der Waals surface area contributed by atoms with E-state index in [-0.39, 0.29) is 0 Å². The van der Waals surface area contributed by atoms with Crippen LogP contribution in [0.25, 0.3) is 0 Å². The van der Waals surface area contributed by atoms with Crippen LogP contribution < -0.4 is 0 Å². The topological polar surface area (TPSA) is 0 Å². The lowest BCUT2D eigenvalue weighted by molar-refractivity contribution is 0.0830. The van der Waals surface area contributed by atoms with Crippen molar-refractivity contribution >= 4 is 0 Å². The Morgan fingerprint density at radius 1 is 0.594 bits per heavy atom. The van der Waals surface area contributed by atoms with Gasteiger partial charge in [-0.1, -0.05) is 119 Å². The summed E-state index contributed by atoms with van der Waals surface area (Å²) >= 11 is 0. The van der Waals surface area contributed by atoms with Crippen LogP contribution in [0.5, 0.6) is 0 Å². The van der Waals surface area contributed by atoms with Crippen molar-refractivity contribution in [1.82, 2.24) is 0 Å². The maximum absolute atomic E-state index is 2.54. The quantitative estimate of drug-likeness (QED) is 0.233. The number of rotatable bonds is 14. The maximum Gasteiger partial charge on any atom is -0.0173 e. The third kappa shape index (κ3) is 8.98. The van der Waals surface area contributed by atoms with Crippen LogP contribution in [0.2, 0.25) is 0 Å². The fourth-order valence-corrected chi connectivity index (χ4v) is 7.54. The zero-order valence-corrected chi connectivity index (χ0v) is 23.4. The summed E-state index contributed by atoms with van der Waals surface area (Å²) in [6.45, 7) is 17.5. The number of hydrogen-bond donors (Lipinski definition) is 0. The molecule has 1 radical (unpaired) electrons. The minimum Gasteiger partial charge on any atom is -0.0654 e. The summed E-state index contributed by atoms with van der Waals surface area (Å²) in [6, 6.07) is 0. The van der Waals surface area contributed by atoms with Gasteiger partial charge in [0.05, 0.1) is 0 Å². The highest BCUT2D eigenvalue weighted by Crippen LogP contribution is 2.53. The van der Waals surface area contributed by atoms with Crippen molar-refractivity contribution in [2.24, 2.45) is 47.3 Å². The normalized spacial score (nSPS) is 31.7. The Labute approximate surface area is 204 Å². The third-order valence-electron chi connectivity index (χ3n) is 9.57. The Morgan fingerprint density at radius 3 is 1.41 bits per heavy atom. The molecule has 2 rings (SSSR count). The highest BCUT2D eigenvalue weighted by molar-refractivity contribution is 5.09. The molecule has 0 saturated heterocycles. The van der Waals surface area contributed by atoms with Crippen molar-refractivity contribution in [3.8, 4) is 0 Å². The van der Waals surface area contributed by atoms with Gasteiger partial charge in [0.15, 0.2) is 0 Å².